The van der Waals surface area contributed by atoms with E-state index in [9.17, 15) is 0 Å². The average molecular weight is 167 g/mol. The molecule has 68 valence electrons. The van der Waals surface area contributed by atoms with E-state index < -0.39 is 0 Å². The molecule has 0 aromatic carbocycles. The highest BCUT2D eigenvalue weighted by molar-refractivity contribution is 5.26. The third-order valence-corrected chi connectivity index (χ3v) is 1.97. The van der Waals surface area contributed by atoms with E-state index in [0.717, 1.165) is 6.54 Å². The number of imidazole rings is 1. The molecule has 0 saturated heterocycles. The van der Waals surface area contributed by atoms with E-state index >= 15 is 0 Å². The van der Waals surface area contributed by atoms with Gasteiger partial charge in [0.15, 0.2) is 5.95 Å². The monoisotopic (exact) mass is 167 g/mol. The Bertz CT molecular complexity index is 268. The van der Waals surface area contributed by atoms with E-state index in [4.69, 9.17) is 5.73 Å². The molecule has 0 radical (unpaired) electrons. The number of hydrogen-bond donors (Lipinski definition) is 1. The first-order chi connectivity index (χ1) is 5.46. The zero-order chi connectivity index (χ0) is 9.35. The van der Waals surface area contributed by atoms with Crippen LogP contribution < -0.4 is 5.73 Å². The largest absolute Gasteiger partial charge is 0.369 e. The fourth-order valence-electron chi connectivity index (χ4n) is 1.32. The summed E-state index contributed by atoms with van der Waals surface area (Å²) in [5.41, 5.74) is 7.02. The summed E-state index contributed by atoms with van der Waals surface area (Å²) in [6.07, 6.45) is 1.86. The van der Waals surface area contributed by atoms with Gasteiger partial charge in [-0.25, -0.2) is 4.98 Å². The molecule has 0 atom stereocenters. The highest BCUT2D eigenvalue weighted by Crippen LogP contribution is 2.23. The number of nitrogen functional groups attached to an aromatic ring is 1. The summed E-state index contributed by atoms with van der Waals surface area (Å²) < 4.78 is 2.04. The Morgan fingerprint density at radius 1 is 1.50 bits per heavy atom. The van der Waals surface area contributed by atoms with Crippen molar-refractivity contribution in [1.82, 2.24) is 9.55 Å². The van der Waals surface area contributed by atoms with Gasteiger partial charge < -0.3 is 10.3 Å². The number of nitrogens with zero attached hydrogens (tertiary/aromatic N) is 2. The Morgan fingerprint density at radius 3 is 2.42 bits per heavy atom. The van der Waals surface area contributed by atoms with Crippen molar-refractivity contribution < 1.29 is 0 Å². The Hall–Kier alpha value is -0.990. The van der Waals surface area contributed by atoms with Gasteiger partial charge in [0.05, 0.1) is 6.20 Å². The van der Waals surface area contributed by atoms with Gasteiger partial charge in [-0.1, -0.05) is 20.8 Å². The van der Waals surface area contributed by atoms with Crippen LogP contribution in [0, 0.1) is 0 Å². The van der Waals surface area contributed by atoms with Crippen LogP contribution in [0.4, 0.5) is 5.95 Å². The molecule has 0 aliphatic carbocycles. The normalized spacial score (nSPS) is 12.0. The molecule has 12 heavy (non-hydrogen) atoms. The Labute approximate surface area is 73.6 Å². The predicted octanol–water partition coefficient (Wildman–Crippen LogP) is 1.78. The summed E-state index contributed by atoms with van der Waals surface area (Å²) in [4.78, 5) is 4.09. The molecule has 0 fully saturated rings. The van der Waals surface area contributed by atoms with E-state index in [1.54, 1.807) is 0 Å². The second-order valence-corrected chi connectivity index (χ2v) is 4.00. The fraction of sp³-hybridized carbons (Fsp3) is 0.667. The topological polar surface area (TPSA) is 43.8 Å². The van der Waals surface area contributed by atoms with Gasteiger partial charge in [-0.2, -0.15) is 0 Å². The van der Waals surface area contributed by atoms with Crippen LogP contribution in [0.5, 0.6) is 0 Å². The van der Waals surface area contributed by atoms with Crippen molar-refractivity contribution in [2.45, 2.75) is 39.7 Å². The van der Waals surface area contributed by atoms with Crippen LogP contribution in [0.15, 0.2) is 6.20 Å². The van der Waals surface area contributed by atoms with Crippen molar-refractivity contribution in [3.05, 3.63) is 11.9 Å². The number of aromatic nitrogens is 2. The third kappa shape index (κ3) is 1.44. The second kappa shape index (κ2) is 2.81. The van der Waals surface area contributed by atoms with Crippen LogP contribution in [0.25, 0.3) is 0 Å². The lowest BCUT2D eigenvalue weighted by atomic mass is 9.93. The van der Waals surface area contributed by atoms with Gasteiger partial charge in [0, 0.05) is 17.7 Å². The Balaban J connectivity index is 3.16. The first-order valence-corrected chi connectivity index (χ1v) is 4.28. The molecule has 0 aliphatic rings. The summed E-state index contributed by atoms with van der Waals surface area (Å²) in [6.45, 7) is 9.45. The van der Waals surface area contributed by atoms with Crippen LogP contribution in [0.1, 0.15) is 33.4 Å². The van der Waals surface area contributed by atoms with Gasteiger partial charge in [-0.3, -0.25) is 0 Å². The summed E-state index contributed by atoms with van der Waals surface area (Å²) >= 11 is 0. The summed E-state index contributed by atoms with van der Waals surface area (Å²) in [5, 5.41) is 0. The quantitative estimate of drug-likeness (QED) is 0.693. The van der Waals surface area contributed by atoms with Crippen LogP contribution in [0.3, 0.4) is 0 Å². The second-order valence-electron chi connectivity index (χ2n) is 4.00. The lowest BCUT2D eigenvalue weighted by Gasteiger charge is -2.20. The minimum absolute atomic E-state index is 0.126. The minimum atomic E-state index is 0.126. The van der Waals surface area contributed by atoms with Crippen LogP contribution in [-0.4, -0.2) is 9.55 Å². The maximum Gasteiger partial charge on any atom is 0.200 e. The Morgan fingerprint density at radius 2 is 2.08 bits per heavy atom. The maximum absolute atomic E-state index is 5.70. The summed E-state index contributed by atoms with van der Waals surface area (Å²) in [5.74, 6) is 0.613. The number of nitrogens with two attached hydrogens (primary N) is 1. The van der Waals surface area contributed by atoms with Crippen LogP contribution >= 0.6 is 0 Å². The van der Waals surface area contributed by atoms with E-state index in [1.165, 1.54) is 5.69 Å². The molecule has 3 nitrogen and oxygen atoms in total. The minimum Gasteiger partial charge on any atom is -0.369 e. The van der Waals surface area contributed by atoms with Gasteiger partial charge in [0.25, 0.3) is 0 Å². The first kappa shape index (κ1) is 9.10. The average Bonchev–Trinajstić information content (AvgIpc) is 2.29. The standard InChI is InChI=1S/C9H17N3/c1-5-12-7(9(2,3)4)6-11-8(12)10/h6H,5H2,1-4H3,(H2,10,11). The van der Waals surface area contributed by atoms with Crippen LogP contribution in [0.2, 0.25) is 0 Å². The smallest absolute Gasteiger partial charge is 0.200 e. The van der Waals surface area contributed by atoms with E-state index in [-0.39, 0.29) is 5.41 Å². The third-order valence-electron chi connectivity index (χ3n) is 1.97. The lowest BCUT2D eigenvalue weighted by Crippen LogP contribution is -2.18. The summed E-state index contributed by atoms with van der Waals surface area (Å²) in [7, 11) is 0. The van der Waals surface area contributed by atoms with Crippen LogP contribution in [-0.2, 0) is 12.0 Å². The molecule has 0 bridgehead atoms. The molecule has 0 saturated carbocycles. The van der Waals surface area contributed by atoms with Crippen molar-refractivity contribution in [2.24, 2.45) is 0 Å². The van der Waals surface area contributed by atoms with Gasteiger partial charge in [-0.05, 0) is 6.92 Å². The zero-order valence-corrected chi connectivity index (χ0v) is 8.26. The molecule has 3 heteroatoms. The SMILES string of the molecule is CCn1c(C(C)(C)C)cnc1N. The van der Waals surface area contributed by atoms with Crippen molar-refractivity contribution in [3.63, 3.8) is 0 Å². The first-order valence-electron chi connectivity index (χ1n) is 4.28. The van der Waals surface area contributed by atoms with E-state index in [0.29, 0.717) is 5.95 Å². The van der Waals surface area contributed by atoms with Crippen molar-refractivity contribution in [2.75, 3.05) is 5.73 Å². The molecule has 0 amide bonds. The van der Waals surface area contributed by atoms with Gasteiger partial charge in [0.2, 0.25) is 0 Å². The molecule has 1 heterocycles. The molecule has 0 unspecified atom stereocenters. The van der Waals surface area contributed by atoms with Gasteiger partial charge in [0.1, 0.15) is 0 Å². The van der Waals surface area contributed by atoms with E-state index in [2.05, 4.69) is 32.7 Å². The number of anilines is 1. The van der Waals surface area contributed by atoms with Crippen molar-refractivity contribution in [1.29, 1.82) is 0 Å². The molecule has 1 rings (SSSR count). The summed E-state index contributed by atoms with van der Waals surface area (Å²) in [6, 6.07) is 0. The molecule has 1 aromatic heterocycles. The molecule has 0 spiro atoms. The fourth-order valence-corrected chi connectivity index (χ4v) is 1.32. The maximum atomic E-state index is 5.70. The van der Waals surface area contributed by atoms with E-state index in [1.807, 2.05) is 10.8 Å². The predicted molar refractivity (Wildman–Crippen MR) is 51.0 cm³/mol. The van der Waals surface area contributed by atoms with Gasteiger partial charge in [-0.15, -0.1) is 0 Å². The van der Waals surface area contributed by atoms with Crippen molar-refractivity contribution in [3.8, 4) is 0 Å². The lowest BCUT2D eigenvalue weighted by molar-refractivity contribution is 0.528. The number of rotatable bonds is 1. The molecule has 0 aliphatic heterocycles. The Kier molecular flexibility index (Phi) is 2.13. The zero-order valence-electron chi connectivity index (χ0n) is 8.26. The molecule has 1 aromatic rings. The molecular weight excluding hydrogens is 150 g/mol. The van der Waals surface area contributed by atoms with Crippen molar-refractivity contribution >= 4 is 5.95 Å². The number of hydrogen-bond acceptors (Lipinski definition) is 2. The molecule has 2 N–H and O–H groups in total. The van der Waals surface area contributed by atoms with Gasteiger partial charge >= 0.3 is 0 Å². The highest BCUT2D eigenvalue weighted by atomic mass is 15.2. The molecular formula is C9H17N3. The highest BCUT2D eigenvalue weighted by Gasteiger charge is 2.19.